The number of rotatable bonds is 9. The second kappa shape index (κ2) is 18.2. The molecule has 364 valence electrons. The number of likely N-dealkylation sites (tertiary alicyclic amines) is 1. The number of fused-ring (bicyclic) bond motifs is 6. The number of carbonyl (C=O) groups is 4. The summed E-state index contributed by atoms with van der Waals surface area (Å²) < 4.78 is 34.9. The number of carbonyl (C=O) groups excluding carboxylic acids is 4. The van der Waals surface area contributed by atoms with Gasteiger partial charge < -0.3 is 24.6 Å². The van der Waals surface area contributed by atoms with Crippen LogP contribution in [0.3, 0.4) is 0 Å². The maximum Gasteiger partial charge on any atom is 0.324 e. The number of pyridine rings is 1. The van der Waals surface area contributed by atoms with E-state index in [9.17, 15) is 32.7 Å². The molecule has 6 bridgehead atoms. The molecule has 6 heterocycles. The van der Waals surface area contributed by atoms with Gasteiger partial charge in [0.2, 0.25) is 11.8 Å². The number of aromatic nitrogens is 2. The number of sulfone groups is 1. The topological polar surface area (TPSA) is 202 Å². The Morgan fingerprint density at radius 1 is 1.01 bits per heavy atom. The maximum atomic E-state index is 14.8. The number of nitrogens with zero attached hydrogens (tertiary/aromatic N) is 4. The average molecular weight is 950 g/mol. The van der Waals surface area contributed by atoms with E-state index in [0.29, 0.717) is 63.7 Å². The van der Waals surface area contributed by atoms with Crippen LogP contribution in [-0.2, 0) is 53.1 Å². The zero-order valence-electron chi connectivity index (χ0n) is 40.4. The SMILES string of the molecule is CCn1c(-c2cccnc2C(C)C)c2c3cc(ccc31)-c1cc(O)cc(c1)C[C@H](NC(=O)[C@H](C(C)C)N1CC[C@]3(CCC(S(=O)(=O)[C@@H]4CN4)C3)C1=O)C(=O)N1CCC[C@H](N1)C(=O)OCC(C)(C)C2. The van der Waals surface area contributed by atoms with Crippen LogP contribution < -0.4 is 16.1 Å². The predicted molar refractivity (Wildman–Crippen MR) is 260 cm³/mol. The fourth-order valence-electron chi connectivity index (χ4n) is 11.6. The van der Waals surface area contributed by atoms with Crippen molar-refractivity contribution in [2.24, 2.45) is 16.7 Å². The number of hydrogen-bond acceptors (Lipinski definition) is 11. The molecule has 2 aromatic carbocycles. The fourth-order valence-corrected chi connectivity index (χ4v) is 13.6. The van der Waals surface area contributed by atoms with Crippen molar-refractivity contribution in [3.63, 3.8) is 0 Å². The fraction of sp³-hybridized carbons (Fsp3) is 0.558. The standard InChI is InChI=1S/C52H67N7O8S/c1-8-57-42-14-13-33-25-38(42)39(46(57)37-11-9-18-53-44(37)30(2)3)27-51(6,7)29-67-49(63)40-12-10-19-59(56-40)48(62)41(23-32-21-34(33)24-35(60)22-32)55-47(61)45(31(4)5)58-20-17-52(50(58)64)16-15-36(26-52)68(65,66)43-28-54-43/h9,11,13-14,18,21-22,24-25,30-31,36,40-41,43,45,54,56,60H,8,10,12,15-17,19-20,23,26-29H2,1-7H3,(H,55,61)/t36?,40-,41-,43+,45-,52-/m0/s1. The van der Waals surface area contributed by atoms with Crippen molar-refractivity contribution in [2.75, 3.05) is 26.2 Å². The predicted octanol–water partition coefficient (Wildman–Crippen LogP) is 6.01. The molecule has 4 aliphatic heterocycles. The number of phenols is 1. The third-order valence-electron chi connectivity index (χ3n) is 15.1. The summed E-state index contributed by atoms with van der Waals surface area (Å²) in [6.45, 7) is 16.1. The molecule has 2 aromatic heterocycles. The first-order valence-electron chi connectivity index (χ1n) is 24.6. The Kier molecular flexibility index (Phi) is 12.8. The van der Waals surface area contributed by atoms with Crippen molar-refractivity contribution in [3.8, 4) is 28.1 Å². The number of esters is 1. The van der Waals surface area contributed by atoms with Crippen LogP contribution in [0.1, 0.15) is 110 Å². The van der Waals surface area contributed by atoms with E-state index in [2.05, 4.69) is 73.4 Å². The lowest BCUT2D eigenvalue weighted by atomic mass is 9.83. The Bertz CT molecular complexity index is 2760. The normalized spacial score (nSPS) is 25.9. The zero-order valence-corrected chi connectivity index (χ0v) is 41.2. The molecule has 4 N–H and O–H groups in total. The molecule has 15 nitrogen and oxygen atoms in total. The maximum absolute atomic E-state index is 14.8. The van der Waals surface area contributed by atoms with Crippen LogP contribution in [-0.4, -0.2) is 112 Å². The van der Waals surface area contributed by atoms with Crippen LogP contribution in [0.25, 0.3) is 33.3 Å². The smallest absolute Gasteiger partial charge is 0.324 e. The molecule has 1 unspecified atom stereocenters. The highest BCUT2D eigenvalue weighted by atomic mass is 32.2. The molecule has 1 aliphatic carbocycles. The first-order valence-corrected chi connectivity index (χ1v) is 26.2. The van der Waals surface area contributed by atoms with Crippen molar-refractivity contribution in [1.29, 1.82) is 0 Å². The van der Waals surface area contributed by atoms with Gasteiger partial charge in [0.25, 0.3) is 5.91 Å². The zero-order chi connectivity index (χ0) is 48.4. The lowest BCUT2D eigenvalue weighted by Crippen LogP contribution is -2.62. The van der Waals surface area contributed by atoms with Crippen molar-refractivity contribution in [1.82, 2.24) is 35.5 Å². The summed E-state index contributed by atoms with van der Waals surface area (Å²) in [7, 11) is -3.42. The molecule has 6 atom stereocenters. The molecular formula is C52H67N7O8S. The number of phenolic OH excluding ortho intramolecular Hbond substituents is 1. The van der Waals surface area contributed by atoms with Crippen molar-refractivity contribution in [3.05, 3.63) is 71.5 Å². The van der Waals surface area contributed by atoms with E-state index in [1.807, 2.05) is 38.2 Å². The average Bonchev–Trinajstić information content (AvgIpc) is 3.93. The number of hydrazine groups is 1. The van der Waals surface area contributed by atoms with Gasteiger partial charge in [-0.1, -0.05) is 53.7 Å². The molecule has 1 spiro atoms. The van der Waals surface area contributed by atoms with Crippen LogP contribution in [0.2, 0.25) is 0 Å². The molecule has 16 heteroatoms. The van der Waals surface area contributed by atoms with Gasteiger partial charge in [0.05, 0.1) is 28.7 Å². The minimum Gasteiger partial charge on any atom is -0.508 e. The Morgan fingerprint density at radius 3 is 2.51 bits per heavy atom. The van der Waals surface area contributed by atoms with Gasteiger partial charge in [-0.15, -0.1) is 0 Å². The van der Waals surface area contributed by atoms with Gasteiger partial charge in [0.1, 0.15) is 29.2 Å². The molecule has 4 fully saturated rings. The number of cyclic esters (lactones) is 1. The van der Waals surface area contributed by atoms with Crippen molar-refractivity contribution < 1.29 is 37.4 Å². The van der Waals surface area contributed by atoms with E-state index < -0.39 is 67.2 Å². The number of amides is 3. The quantitative estimate of drug-likeness (QED) is 0.113. The number of hydrogen-bond donors (Lipinski definition) is 4. The molecule has 4 aromatic rings. The summed E-state index contributed by atoms with van der Waals surface area (Å²) in [6, 6.07) is 12.7. The highest BCUT2D eigenvalue weighted by molar-refractivity contribution is 7.92. The Hall–Kier alpha value is -5.32. The summed E-state index contributed by atoms with van der Waals surface area (Å²) in [4.78, 5) is 64.4. The lowest BCUT2D eigenvalue weighted by molar-refractivity contribution is -0.155. The van der Waals surface area contributed by atoms with E-state index in [-0.39, 0.29) is 49.5 Å². The minimum atomic E-state index is -3.42. The van der Waals surface area contributed by atoms with Gasteiger partial charge in [0.15, 0.2) is 9.84 Å². The van der Waals surface area contributed by atoms with Crippen LogP contribution in [0.5, 0.6) is 5.75 Å². The van der Waals surface area contributed by atoms with Crippen LogP contribution in [0.4, 0.5) is 0 Å². The first-order chi connectivity index (χ1) is 32.3. The van der Waals surface area contributed by atoms with Crippen LogP contribution in [0, 0.1) is 16.7 Å². The summed E-state index contributed by atoms with van der Waals surface area (Å²) >= 11 is 0. The van der Waals surface area contributed by atoms with Crippen LogP contribution in [0.15, 0.2) is 54.7 Å². The van der Waals surface area contributed by atoms with E-state index in [4.69, 9.17) is 9.72 Å². The highest BCUT2D eigenvalue weighted by Crippen LogP contribution is 2.50. The second-order valence-corrected chi connectivity index (χ2v) is 23.8. The molecule has 0 radical (unpaired) electrons. The molecule has 9 rings (SSSR count). The molecule has 1 saturated carbocycles. The number of benzene rings is 2. The lowest BCUT2D eigenvalue weighted by Gasteiger charge is -2.37. The van der Waals surface area contributed by atoms with Gasteiger partial charge in [-0.05, 0) is 122 Å². The van der Waals surface area contributed by atoms with Gasteiger partial charge >= 0.3 is 5.97 Å². The molecule has 3 amide bonds. The number of ether oxygens (including phenoxy) is 1. The Morgan fingerprint density at radius 2 is 1.79 bits per heavy atom. The van der Waals surface area contributed by atoms with E-state index in [0.717, 1.165) is 44.5 Å². The second-order valence-electron chi connectivity index (χ2n) is 21.4. The summed E-state index contributed by atoms with van der Waals surface area (Å²) in [5.41, 5.74) is 9.19. The van der Waals surface area contributed by atoms with E-state index >= 15 is 0 Å². The minimum absolute atomic E-state index is 0.00379. The summed E-state index contributed by atoms with van der Waals surface area (Å²) in [5.74, 6) is -1.85. The number of aromatic hydroxyl groups is 1. The first kappa shape index (κ1) is 47.7. The van der Waals surface area contributed by atoms with E-state index in [1.54, 1.807) is 17.0 Å². The van der Waals surface area contributed by atoms with Gasteiger partial charge in [0, 0.05) is 60.7 Å². The van der Waals surface area contributed by atoms with Crippen LogP contribution >= 0.6 is 0 Å². The number of nitrogens with one attached hydrogen (secondary N) is 3. The third kappa shape index (κ3) is 8.92. The van der Waals surface area contributed by atoms with Gasteiger partial charge in [-0.25, -0.2) is 13.8 Å². The van der Waals surface area contributed by atoms with E-state index in [1.165, 1.54) is 5.01 Å². The Balaban J connectivity index is 1.09. The van der Waals surface area contributed by atoms with Crippen molar-refractivity contribution in [2.45, 2.75) is 141 Å². The highest BCUT2D eigenvalue weighted by Gasteiger charge is 2.57. The number of aryl methyl sites for hydroxylation is 1. The summed E-state index contributed by atoms with van der Waals surface area (Å²) in [6.07, 6.45) is 4.89. The van der Waals surface area contributed by atoms with Gasteiger partial charge in [-0.2, -0.15) is 0 Å². The van der Waals surface area contributed by atoms with Crippen molar-refractivity contribution >= 4 is 44.4 Å². The molecule has 5 aliphatic rings. The largest absolute Gasteiger partial charge is 0.508 e. The summed E-state index contributed by atoms with van der Waals surface area (Å²) in [5, 5.41) is 18.6. The third-order valence-corrected chi connectivity index (χ3v) is 17.5. The molecule has 68 heavy (non-hydrogen) atoms. The Labute approximate surface area is 399 Å². The molecular weight excluding hydrogens is 883 g/mol. The monoisotopic (exact) mass is 949 g/mol. The van der Waals surface area contributed by atoms with Gasteiger partial charge in [-0.3, -0.25) is 34.5 Å². The molecule has 3 saturated heterocycles.